The number of hydrogen-bond acceptors (Lipinski definition) is 4. The maximum absolute atomic E-state index is 10.9. The molecule has 0 aliphatic carbocycles. The third-order valence-electron chi connectivity index (χ3n) is 1.39. The molecular weight excluding hydrogens is 310 g/mol. The molecule has 8 heteroatoms. The van der Waals surface area contributed by atoms with Gasteiger partial charge in [0.15, 0.2) is 5.82 Å². The van der Waals surface area contributed by atoms with E-state index in [1.807, 2.05) is 0 Å². The van der Waals surface area contributed by atoms with Gasteiger partial charge in [-0.1, -0.05) is 11.6 Å². The molecular formula is C8H8ClN3O3Y. The van der Waals surface area contributed by atoms with Crippen LogP contribution in [0.4, 0.5) is 5.82 Å². The van der Waals surface area contributed by atoms with Gasteiger partial charge in [0.2, 0.25) is 5.91 Å². The van der Waals surface area contributed by atoms with Gasteiger partial charge in [0.05, 0.1) is 5.02 Å². The van der Waals surface area contributed by atoms with Crippen LogP contribution in [0.5, 0.6) is 0 Å². The molecule has 1 aromatic heterocycles. The number of anilines is 1. The summed E-state index contributed by atoms with van der Waals surface area (Å²) in [5, 5.41) is 8.63. The first-order chi connectivity index (χ1) is 7.09. The van der Waals surface area contributed by atoms with E-state index in [0.717, 1.165) is 0 Å². The molecule has 0 aliphatic rings. The van der Waals surface area contributed by atoms with Crippen molar-refractivity contribution in [3.63, 3.8) is 0 Å². The van der Waals surface area contributed by atoms with Gasteiger partial charge in [-0.3, -0.25) is 20.4 Å². The molecule has 0 aromatic carbocycles. The Bertz CT molecular complexity index is 389. The zero-order chi connectivity index (χ0) is 11.3. The van der Waals surface area contributed by atoms with Gasteiger partial charge in [-0.15, -0.1) is 0 Å². The number of aliphatic carboxylic acids is 1. The second-order valence-electron chi connectivity index (χ2n) is 2.58. The second-order valence-corrected chi connectivity index (χ2v) is 2.98. The van der Waals surface area contributed by atoms with Crippen molar-refractivity contribution in [3.05, 3.63) is 23.4 Å². The monoisotopic (exact) mass is 318 g/mol. The zero-order valence-electron chi connectivity index (χ0n) is 8.11. The molecule has 0 fully saturated rings. The van der Waals surface area contributed by atoms with Crippen molar-refractivity contribution in [2.75, 3.05) is 5.43 Å². The summed E-state index contributed by atoms with van der Waals surface area (Å²) in [6, 6.07) is 3.22. The molecule has 0 spiro atoms. The SMILES string of the molecule is O=C(O)CC(=O)NNc1ncccc1Cl.[Y]. The predicted octanol–water partition coefficient (Wildman–Crippen LogP) is 0.650. The van der Waals surface area contributed by atoms with Crippen LogP contribution in [0.1, 0.15) is 6.42 Å². The van der Waals surface area contributed by atoms with E-state index < -0.39 is 18.3 Å². The summed E-state index contributed by atoms with van der Waals surface area (Å²) in [6.45, 7) is 0. The minimum atomic E-state index is -1.21. The van der Waals surface area contributed by atoms with Gasteiger partial charge in [-0.05, 0) is 12.1 Å². The van der Waals surface area contributed by atoms with E-state index in [4.69, 9.17) is 16.7 Å². The van der Waals surface area contributed by atoms with Gasteiger partial charge in [0, 0.05) is 38.9 Å². The molecule has 3 N–H and O–H groups in total. The number of rotatable bonds is 4. The molecule has 0 saturated heterocycles. The third-order valence-corrected chi connectivity index (χ3v) is 1.70. The fourth-order valence-corrected chi connectivity index (χ4v) is 0.957. The Hall–Kier alpha value is -0.716. The second kappa shape index (κ2) is 7.54. The number of aromatic nitrogens is 1. The molecule has 1 heterocycles. The van der Waals surface area contributed by atoms with Crippen molar-refractivity contribution in [2.24, 2.45) is 0 Å². The fourth-order valence-electron chi connectivity index (χ4n) is 0.788. The van der Waals surface area contributed by atoms with Gasteiger partial charge in [-0.2, -0.15) is 0 Å². The molecule has 83 valence electrons. The Morgan fingerprint density at radius 3 is 2.75 bits per heavy atom. The molecule has 6 nitrogen and oxygen atoms in total. The summed E-state index contributed by atoms with van der Waals surface area (Å²) in [6.07, 6.45) is 0.870. The molecule has 0 atom stereocenters. The van der Waals surface area contributed by atoms with Crippen LogP contribution in [0.15, 0.2) is 18.3 Å². The van der Waals surface area contributed by atoms with Crippen LogP contribution < -0.4 is 10.9 Å². The number of hydrogen-bond donors (Lipinski definition) is 3. The van der Waals surface area contributed by atoms with E-state index in [0.29, 0.717) is 5.02 Å². The van der Waals surface area contributed by atoms with Crippen molar-refractivity contribution < 1.29 is 47.4 Å². The van der Waals surface area contributed by atoms with Crippen LogP contribution >= 0.6 is 11.6 Å². The van der Waals surface area contributed by atoms with Crippen LogP contribution in [-0.4, -0.2) is 22.0 Å². The number of carbonyl (C=O) groups is 2. The van der Waals surface area contributed by atoms with Gasteiger partial charge in [0.25, 0.3) is 0 Å². The van der Waals surface area contributed by atoms with Crippen LogP contribution in [0, 0.1) is 0 Å². The van der Waals surface area contributed by atoms with E-state index in [1.165, 1.54) is 6.20 Å². The smallest absolute Gasteiger partial charge is 0.312 e. The van der Waals surface area contributed by atoms with E-state index in [2.05, 4.69) is 15.8 Å². The average Bonchev–Trinajstić information content (AvgIpc) is 2.15. The number of nitrogens with one attached hydrogen (secondary N) is 2. The van der Waals surface area contributed by atoms with E-state index in [9.17, 15) is 9.59 Å². The van der Waals surface area contributed by atoms with Crippen molar-refractivity contribution in [1.29, 1.82) is 0 Å². The van der Waals surface area contributed by atoms with Crippen molar-refractivity contribution in [2.45, 2.75) is 6.42 Å². The summed E-state index contributed by atoms with van der Waals surface area (Å²) in [5.74, 6) is -1.62. The van der Waals surface area contributed by atoms with Crippen LogP contribution in [0.3, 0.4) is 0 Å². The molecule has 0 unspecified atom stereocenters. The number of halogens is 1. The number of nitrogens with zero attached hydrogens (tertiary/aromatic N) is 1. The minimum absolute atomic E-state index is 0. The summed E-state index contributed by atoms with van der Waals surface area (Å²) in [4.78, 5) is 24.9. The first-order valence-electron chi connectivity index (χ1n) is 3.97. The maximum Gasteiger partial charge on any atom is 0.312 e. The largest absolute Gasteiger partial charge is 0.481 e. The topological polar surface area (TPSA) is 91.3 Å². The minimum Gasteiger partial charge on any atom is -0.481 e. The number of carbonyl (C=O) groups excluding carboxylic acids is 1. The number of carboxylic acid groups (broad SMARTS) is 1. The fraction of sp³-hybridized carbons (Fsp3) is 0.125. The van der Waals surface area contributed by atoms with Gasteiger partial charge < -0.3 is 5.11 Å². The van der Waals surface area contributed by atoms with Gasteiger partial charge in [0.1, 0.15) is 6.42 Å². The third kappa shape index (κ3) is 5.39. The van der Waals surface area contributed by atoms with Crippen LogP contribution in [0.25, 0.3) is 0 Å². The molecule has 1 rings (SSSR count). The van der Waals surface area contributed by atoms with Gasteiger partial charge in [-0.25, -0.2) is 4.98 Å². The van der Waals surface area contributed by atoms with Crippen molar-refractivity contribution in [3.8, 4) is 0 Å². The Balaban J connectivity index is 0.00000225. The number of hydrazine groups is 1. The van der Waals surface area contributed by atoms with E-state index >= 15 is 0 Å². The standard InChI is InChI=1S/C8H8ClN3O3.Y/c9-5-2-1-3-10-8(5)12-11-6(13)4-7(14)15;/h1-3H,4H2,(H,10,12)(H,11,13)(H,14,15);. The molecule has 0 bridgehead atoms. The van der Waals surface area contributed by atoms with Crippen molar-refractivity contribution in [1.82, 2.24) is 10.4 Å². The summed E-state index contributed by atoms with van der Waals surface area (Å²) in [7, 11) is 0. The number of carboxylic acids is 1. The van der Waals surface area contributed by atoms with Gasteiger partial charge >= 0.3 is 5.97 Å². The van der Waals surface area contributed by atoms with E-state index in [-0.39, 0.29) is 38.5 Å². The molecule has 0 aliphatic heterocycles. The van der Waals surface area contributed by atoms with Crippen LogP contribution in [0.2, 0.25) is 5.02 Å². The Morgan fingerprint density at radius 2 is 2.19 bits per heavy atom. The van der Waals surface area contributed by atoms with E-state index in [1.54, 1.807) is 12.1 Å². The Morgan fingerprint density at radius 1 is 1.50 bits per heavy atom. The predicted molar refractivity (Wildman–Crippen MR) is 53.3 cm³/mol. The summed E-state index contributed by atoms with van der Waals surface area (Å²) in [5.41, 5.74) is 4.57. The molecule has 1 amide bonds. The summed E-state index contributed by atoms with van der Waals surface area (Å²) < 4.78 is 0. The molecule has 1 aromatic rings. The Kier molecular flexibility index (Phi) is 7.20. The zero-order valence-corrected chi connectivity index (χ0v) is 11.7. The number of amides is 1. The first-order valence-corrected chi connectivity index (χ1v) is 4.34. The Labute approximate surface area is 122 Å². The molecule has 1 radical (unpaired) electrons. The summed E-state index contributed by atoms with van der Waals surface area (Å²) >= 11 is 5.72. The first kappa shape index (κ1) is 15.3. The number of pyridine rings is 1. The van der Waals surface area contributed by atoms with Crippen molar-refractivity contribution >= 4 is 29.3 Å². The normalized spacial score (nSPS) is 8.81. The molecule has 0 saturated carbocycles. The quantitative estimate of drug-likeness (QED) is 0.560. The van der Waals surface area contributed by atoms with Crippen LogP contribution in [-0.2, 0) is 42.3 Å². The average molecular weight is 319 g/mol. The maximum atomic E-state index is 10.9. The molecule has 16 heavy (non-hydrogen) atoms.